The maximum atomic E-state index is 13.3. The summed E-state index contributed by atoms with van der Waals surface area (Å²) < 4.78 is 0. The van der Waals surface area contributed by atoms with Crippen LogP contribution in [0.15, 0.2) is 12.1 Å². The minimum atomic E-state index is -1.03. The summed E-state index contributed by atoms with van der Waals surface area (Å²) in [6.45, 7) is 9.80. The number of carbonyl (C=O) groups is 3. The summed E-state index contributed by atoms with van der Waals surface area (Å²) in [5, 5.41) is 4.96. The van der Waals surface area contributed by atoms with Gasteiger partial charge in [0.2, 0.25) is 17.4 Å². The molecule has 3 aliphatic rings. The normalized spacial score (nSPS) is 33.7. The van der Waals surface area contributed by atoms with E-state index in [2.05, 4.69) is 5.32 Å². The number of imide groups is 1. The van der Waals surface area contributed by atoms with E-state index in [-0.39, 0.29) is 29.8 Å². The molecule has 0 aliphatic carbocycles. The zero-order chi connectivity index (χ0) is 19.0. The van der Waals surface area contributed by atoms with Crippen LogP contribution in [0.4, 0.5) is 5.69 Å². The highest BCUT2D eigenvalue weighted by Crippen LogP contribution is 2.50. The molecule has 3 aliphatic heterocycles. The van der Waals surface area contributed by atoms with Gasteiger partial charge in [-0.25, -0.2) is 0 Å². The van der Waals surface area contributed by atoms with E-state index in [0.29, 0.717) is 6.42 Å². The van der Waals surface area contributed by atoms with E-state index in [1.807, 2.05) is 52.1 Å². The summed E-state index contributed by atoms with van der Waals surface area (Å²) in [6.07, 6.45) is 0.711. The molecule has 6 nitrogen and oxygen atoms in total. The maximum absolute atomic E-state index is 13.3. The first-order chi connectivity index (χ1) is 12.3. The van der Waals surface area contributed by atoms with Crippen molar-refractivity contribution in [2.75, 3.05) is 5.32 Å². The smallest absolute Gasteiger partial charge is 0.291 e. The SMILES string of the molecule is CC[C@H](C)N1C(=O)[C@H]2[C@@H](C1=O)[C@@]1([NH2+][C@@H]2C)C(=O)Nc2c1ccc(C)c2C. The molecule has 1 aromatic carbocycles. The minimum absolute atomic E-state index is 0.121. The number of nitrogens with two attached hydrogens (primary N) is 1. The molecule has 0 saturated carbocycles. The molecule has 4 rings (SSSR count). The molecule has 0 radical (unpaired) electrons. The highest BCUT2D eigenvalue weighted by molar-refractivity contribution is 6.14. The first-order valence-corrected chi connectivity index (χ1v) is 9.40. The zero-order valence-electron chi connectivity index (χ0n) is 15.9. The van der Waals surface area contributed by atoms with Crippen LogP contribution in [-0.4, -0.2) is 34.7 Å². The van der Waals surface area contributed by atoms with E-state index in [1.54, 1.807) is 0 Å². The lowest BCUT2D eigenvalue weighted by Gasteiger charge is -2.28. The fourth-order valence-electron chi connectivity index (χ4n) is 5.10. The first-order valence-electron chi connectivity index (χ1n) is 9.40. The van der Waals surface area contributed by atoms with Gasteiger partial charge in [0.05, 0.1) is 11.7 Å². The zero-order valence-corrected chi connectivity index (χ0v) is 15.9. The summed E-state index contributed by atoms with van der Waals surface area (Å²) in [5.41, 5.74) is 2.73. The van der Waals surface area contributed by atoms with Gasteiger partial charge in [0, 0.05) is 11.6 Å². The molecular formula is C20H26N3O3+. The molecule has 2 saturated heterocycles. The van der Waals surface area contributed by atoms with Crippen LogP contribution in [-0.2, 0) is 19.9 Å². The van der Waals surface area contributed by atoms with E-state index in [0.717, 1.165) is 22.4 Å². The largest absolute Gasteiger partial charge is 0.326 e. The fourth-order valence-corrected chi connectivity index (χ4v) is 5.10. The molecule has 0 aromatic heterocycles. The summed E-state index contributed by atoms with van der Waals surface area (Å²) >= 11 is 0. The number of amides is 3. The Morgan fingerprint density at radius 3 is 2.58 bits per heavy atom. The summed E-state index contributed by atoms with van der Waals surface area (Å²) in [4.78, 5) is 40.9. The lowest BCUT2D eigenvalue weighted by atomic mass is 9.76. The number of benzene rings is 1. The summed E-state index contributed by atoms with van der Waals surface area (Å²) in [7, 11) is 0. The summed E-state index contributed by atoms with van der Waals surface area (Å²) in [6, 6.07) is 3.68. The van der Waals surface area contributed by atoms with Crippen molar-refractivity contribution in [1.29, 1.82) is 0 Å². The van der Waals surface area contributed by atoms with Gasteiger partial charge in [-0.3, -0.25) is 19.3 Å². The third-order valence-corrected chi connectivity index (χ3v) is 6.80. The van der Waals surface area contributed by atoms with Crippen molar-refractivity contribution in [3.05, 3.63) is 28.8 Å². The van der Waals surface area contributed by atoms with Crippen molar-refractivity contribution >= 4 is 23.4 Å². The number of rotatable bonds is 2. The van der Waals surface area contributed by atoms with Gasteiger partial charge in [-0.1, -0.05) is 13.0 Å². The maximum Gasteiger partial charge on any atom is 0.291 e. The van der Waals surface area contributed by atoms with Gasteiger partial charge in [0.25, 0.3) is 5.91 Å². The van der Waals surface area contributed by atoms with Crippen LogP contribution in [0.3, 0.4) is 0 Å². The number of hydrogen-bond acceptors (Lipinski definition) is 3. The molecule has 138 valence electrons. The summed E-state index contributed by atoms with van der Waals surface area (Å²) in [5.74, 6) is -1.58. The number of quaternary nitrogens is 1. The third-order valence-electron chi connectivity index (χ3n) is 6.80. The second-order valence-electron chi connectivity index (χ2n) is 8.09. The average Bonchev–Trinajstić information content (AvgIpc) is 3.16. The van der Waals surface area contributed by atoms with E-state index in [9.17, 15) is 14.4 Å². The van der Waals surface area contributed by atoms with Gasteiger partial charge < -0.3 is 10.6 Å². The Labute approximate surface area is 153 Å². The minimum Gasteiger partial charge on any atom is -0.326 e. The van der Waals surface area contributed by atoms with Crippen molar-refractivity contribution in [2.24, 2.45) is 11.8 Å². The Kier molecular flexibility index (Phi) is 3.57. The van der Waals surface area contributed by atoms with Crippen molar-refractivity contribution in [3.8, 4) is 0 Å². The molecule has 1 aromatic rings. The monoisotopic (exact) mass is 356 g/mol. The van der Waals surface area contributed by atoms with Crippen molar-refractivity contribution in [2.45, 2.75) is 58.7 Å². The predicted octanol–water partition coefficient (Wildman–Crippen LogP) is 0.816. The molecule has 3 heterocycles. The molecule has 2 fully saturated rings. The Balaban J connectivity index is 1.90. The number of anilines is 1. The molecule has 6 heteroatoms. The van der Waals surface area contributed by atoms with Gasteiger partial charge in [0.15, 0.2) is 0 Å². The molecule has 26 heavy (non-hydrogen) atoms. The lowest BCUT2D eigenvalue weighted by molar-refractivity contribution is -0.730. The molecule has 0 bridgehead atoms. The van der Waals surface area contributed by atoms with Crippen LogP contribution in [0, 0.1) is 25.7 Å². The molecule has 5 atom stereocenters. The van der Waals surface area contributed by atoms with Crippen LogP contribution in [0.5, 0.6) is 0 Å². The van der Waals surface area contributed by atoms with Crippen molar-refractivity contribution < 1.29 is 19.7 Å². The third kappa shape index (κ3) is 1.83. The average molecular weight is 356 g/mol. The molecule has 1 spiro atoms. The quantitative estimate of drug-likeness (QED) is 0.770. The number of carbonyl (C=O) groups excluding carboxylic acids is 3. The van der Waals surface area contributed by atoms with Crippen LogP contribution in [0.1, 0.15) is 43.9 Å². The van der Waals surface area contributed by atoms with E-state index < -0.39 is 17.4 Å². The van der Waals surface area contributed by atoms with Gasteiger partial charge in [0.1, 0.15) is 11.8 Å². The van der Waals surface area contributed by atoms with Crippen LogP contribution >= 0.6 is 0 Å². The number of nitrogens with zero attached hydrogens (tertiary/aromatic N) is 1. The van der Waals surface area contributed by atoms with Crippen LogP contribution in [0.25, 0.3) is 0 Å². The van der Waals surface area contributed by atoms with Crippen molar-refractivity contribution in [3.63, 3.8) is 0 Å². The molecular weight excluding hydrogens is 330 g/mol. The number of hydrogen-bond donors (Lipinski definition) is 2. The van der Waals surface area contributed by atoms with Crippen LogP contribution < -0.4 is 10.6 Å². The van der Waals surface area contributed by atoms with E-state index in [1.165, 1.54) is 4.90 Å². The number of fused-ring (bicyclic) bond motifs is 4. The van der Waals surface area contributed by atoms with Gasteiger partial charge in [-0.05, 0) is 51.3 Å². The molecule has 3 amide bonds. The Morgan fingerprint density at radius 1 is 1.23 bits per heavy atom. The Bertz CT molecular complexity index is 849. The standard InChI is InChI=1S/C20H25N3O3/c1-6-10(3)23-17(24)14-12(5)22-20(15(14)18(23)25)13-8-7-9(2)11(4)16(13)21-19(20)26/h7-8,10,12,14-15,22H,6H2,1-5H3,(H,21,26)/p+1/t10-,12+,14+,15-,20+/m0/s1. The number of aryl methyl sites for hydroxylation is 1. The van der Waals surface area contributed by atoms with Gasteiger partial charge in [-0.2, -0.15) is 0 Å². The topological polar surface area (TPSA) is 83.1 Å². The van der Waals surface area contributed by atoms with Gasteiger partial charge >= 0.3 is 0 Å². The predicted molar refractivity (Wildman–Crippen MR) is 96.2 cm³/mol. The molecule has 3 N–H and O–H groups in total. The van der Waals surface area contributed by atoms with Crippen molar-refractivity contribution in [1.82, 2.24) is 4.90 Å². The van der Waals surface area contributed by atoms with E-state index in [4.69, 9.17) is 0 Å². The van der Waals surface area contributed by atoms with Gasteiger partial charge in [-0.15, -0.1) is 0 Å². The Morgan fingerprint density at radius 2 is 1.92 bits per heavy atom. The number of likely N-dealkylation sites (tertiary alicyclic amines) is 1. The Hall–Kier alpha value is -2.21. The highest BCUT2D eigenvalue weighted by Gasteiger charge is 2.73. The highest BCUT2D eigenvalue weighted by atomic mass is 16.2. The lowest BCUT2D eigenvalue weighted by Crippen LogP contribution is -2.98. The second kappa shape index (κ2) is 5.39. The fraction of sp³-hybridized carbons (Fsp3) is 0.550. The van der Waals surface area contributed by atoms with E-state index >= 15 is 0 Å². The second-order valence-corrected chi connectivity index (χ2v) is 8.09. The first kappa shape index (κ1) is 17.2. The number of nitrogens with one attached hydrogen (secondary N) is 1. The molecule has 0 unspecified atom stereocenters. The van der Waals surface area contributed by atoms with Crippen LogP contribution in [0.2, 0.25) is 0 Å².